The van der Waals surface area contributed by atoms with E-state index in [1.165, 1.54) is 5.56 Å². The Balaban J connectivity index is 2.31. The fourth-order valence-corrected chi connectivity index (χ4v) is 2.68. The molecule has 0 aliphatic rings. The number of nitrogen functional groups attached to an aromatic ring is 1. The normalized spacial score (nSPS) is 10.3. The number of aryl methyl sites for hydroxylation is 1. The predicted octanol–water partition coefficient (Wildman–Crippen LogP) is 3.88. The van der Waals surface area contributed by atoms with Crippen LogP contribution in [0.1, 0.15) is 16.7 Å². The Kier molecular flexibility index (Phi) is 3.78. The van der Waals surface area contributed by atoms with Crippen molar-refractivity contribution in [1.29, 1.82) is 5.26 Å². The van der Waals surface area contributed by atoms with Crippen molar-refractivity contribution in [3.63, 3.8) is 0 Å². The highest BCUT2D eigenvalue weighted by atomic mass is 14.9. The van der Waals surface area contributed by atoms with Gasteiger partial charge in [0.25, 0.3) is 0 Å². The highest BCUT2D eigenvalue weighted by Gasteiger charge is 2.18. The first kappa shape index (κ1) is 14.7. The Morgan fingerprint density at radius 1 is 0.957 bits per heavy atom. The molecule has 0 amide bonds. The molecule has 2 aromatic heterocycles. The summed E-state index contributed by atoms with van der Waals surface area (Å²) >= 11 is 0. The minimum Gasteiger partial charge on any atom is -0.383 e. The molecule has 0 spiro atoms. The molecule has 0 bridgehead atoms. The summed E-state index contributed by atoms with van der Waals surface area (Å²) in [5.74, 6) is 0.250. The molecule has 2 N–H and O–H groups in total. The summed E-state index contributed by atoms with van der Waals surface area (Å²) < 4.78 is 0. The average Bonchev–Trinajstić information content (AvgIpc) is 2.58. The molecule has 0 unspecified atom stereocenters. The summed E-state index contributed by atoms with van der Waals surface area (Å²) in [6.45, 7) is 4.01. The Hall–Kier alpha value is -3.19. The lowest BCUT2D eigenvalue weighted by Crippen LogP contribution is -2.03. The van der Waals surface area contributed by atoms with E-state index in [0.717, 1.165) is 27.9 Å². The van der Waals surface area contributed by atoms with Crippen molar-refractivity contribution in [2.75, 3.05) is 5.73 Å². The molecular formula is C19H16N4. The molecule has 3 aromatic rings. The monoisotopic (exact) mass is 300 g/mol. The number of rotatable bonds is 2. The molecule has 2 heterocycles. The molecule has 3 rings (SSSR count). The van der Waals surface area contributed by atoms with E-state index in [2.05, 4.69) is 16.0 Å². The minimum atomic E-state index is 0.250. The van der Waals surface area contributed by atoms with Gasteiger partial charge in [0.2, 0.25) is 0 Å². The summed E-state index contributed by atoms with van der Waals surface area (Å²) in [5.41, 5.74) is 12.1. The van der Waals surface area contributed by atoms with Crippen molar-refractivity contribution in [1.82, 2.24) is 9.97 Å². The number of benzene rings is 1. The number of hydrogen-bond acceptors (Lipinski definition) is 4. The smallest absolute Gasteiger partial charge is 0.142 e. The SMILES string of the molecule is Cc1ccc(-c2nc(N)c(C#N)c(-c3ccncc3)c2C)cc1. The molecule has 0 aliphatic heterocycles. The van der Waals surface area contributed by atoms with Gasteiger partial charge in [0.1, 0.15) is 17.5 Å². The maximum absolute atomic E-state index is 9.50. The average molecular weight is 300 g/mol. The standard InChI is InChI=1S/C19H16N4/c1-12-3-5-15(6-4-12)18-13(2)17(14-7-9-22-10-8-14)16(11-20)19(21)23-18/h3-10H,1-2H3,(H2,21,23). The van der Waals surface area contributed by atoms with Gasteiger partial charge in [-0.2, -0.15) is 5.26 Å². The van der Waals surface area contributed by atoms with Gasteiger partial charge in [0.15, 0.2) is 0 Å². The van der Waals surface area contributed by atoms with Crippen molar-refractivity contribution in [2.45, 2.75) is 13.8 Å². The van der Waals surface area contributed by atoms with E-state index in [4.69, 9.17) is 5.73 Å². The van der Waals surface area contributed by atoms with Crippen molar-refractivity contribution >= 4 is 5.82 Å². The van der Waals surface area contributed by atoms with E-state index in [-0.39, 0.29) is 5.82 Å². The van der Waals surface area contributed by atoms with E-state index in [1.807, 2.05) is 50.2 Å². The summed E-state index contributed by atoms with van der Waals surface area (Å²) in [7, 11) is 0. The van der Waals surface area contributed by atoms with Crippen LogP contribution in [0.5, 0.6) is 0 Å². The van der Waals surface area contributed by atoms with Crippen LogP contribution in [0, 0.1) is 25.2 Å². The quantitative estimate of drug-likeness (QED) is 0.779. The van der Waals surface area contributed by atoms with Crippen LogP contribution >= 0.6 is 0 Å². The first-order chi connectivity index (χ1) is 11.1. The van der Waals surface area contributed by atoms with Gasteiger partial charge in [-0.15, -0.1) is 0 Å². The van der Waals surface area contributed by atoms with E-state index in [1.54, 1.807) is 12.4 Å². The second-order valence-electron chi connectivity index (χ2n) is 5.43. The van der Waals surface area contributed by atoms with Crippen LogP contribution in [0.25, 0.3) is 22.4 Å². The topological polar surface area (TPSA) is 75.6 Å². The fraction of sp³-hybridized carbons (Fsp3) is 0.105. The van der Waals surface area contributed by atoms with Crippen LogP contribution in [-0.2, 0) is 0 Å². The van der Waals surface area contributed by atoms with Gasteiger partial charge < -0.3 is 5.73 Å². The molecule has 0 atom stereocenters. The van der Waals surface area contributed by atoms with Crippen LogP contribution in [-0.4, -0.2) is 9.97 Å². The molecule has 1 aromatic carbocycles. The highest BCUT2D eigenvalue weighted by molar-refractivity contribution is 5.84. The Morgan fingerprint density at radius 2 is 1.61 bits per heavy atom. The van der Waals surface area contributed by atoms with Crippen LogP contribution in [0.4, 0.5) is 5.82 Å². The molecule has 4 heteroatoms. The summed E-state index contributed by atoms with van der Waals surface area (Å²) in [6.07, 6.45) is 3.41. The van der Waals surface area contributed by atoms with E-state index in [0.29, 0.717) is 5.56 Å². The van der Waals surface area contributed by atoms with Gasteiger partial charge in [-0.25, -0.2) is 4.98 Å². The van der Waals surface area contributed by atoms with E-state index in [9.17, 15) is 5.26 Å². The van der Waals surface area contributed by atoms with Gasteiger partial charge in [0, 0.05) is 23.5 Å². The van der Waals surface area contributed by atoms with Crippen molar-refractivity contribution in [3.8, 4) is 28.5 Å². The van der Waals surface area contributed by atoms with Crippen LogP contribution in [0.3, 0.4) is 0 Å². The summed E-state index contributed by atoms with van der Waals surface area (Å²) in [5, 5.41) is 9.50. The second kappa shape index (κ2) is 5.90. The van der Waals surface area contributed by atoms with Gasteiger partial charge in [0.05, 0.1) is 5.69 Å². The number of nitrogens with zero attached hydrogens (tertiary/aromatic N) is 3. The van der Waals surface area contributed by atoms with Crippen molar-refractivity contribution in [3.05, 3.63) is 65.5 Å². The Labute approximate surface area is 135 Å². The van der Waals surface area contributed by atoms with E-state index >= 15 is 0 Å². The molecular weight excluding hydrogens is 284 g/mol. The maximum Gasteiger partial charge on any atom is 0.142 e. The zero-order chi connectivity index (χ0) is 16.4. The molecule has 112 valence electrons. The van der Waals surface area contributed by atoms with Gasteiger partial charge in [-0.1, -0.05) is 29.8 Å². The molecule has 0 radical (unpaired) electrons. The lowest BCUT2D eigenvalue weighted by Gasteiger charge is -2.15. The molecule has 0 saturated heterocycles. The first-order valence-corrected chi connectivity index (χ1v) is 7.29. The lowest BCUT2D eigenvalue weighted by molar-refractivity contribution is 1.25. The molecule has 4 nitrogen and oxygen atoms in total. The number of anilines is 1. The number of hydrogen-bond donors (Lipinski definition) is 1. The van der Waals surface area contributed by atoms with Crippen molar-refractivity contribution in [2.24, 2.45) is 0 Å². The van der Waals surface area contributed by atoms with Crippen LogP contribution in [0.2, 0.25) is 0 Å². The second-order valence-corrected chi connectivity index (χ2v) is 5.43. The highest BCUT2D eigenvalue weighted by Crippen LogP contribution is 2.35. The van der Waals surface area contributed by atoms with Gasteiger partial charge in [-0.3, -0.25) is 4.98 Å². The van der Waals surface area contributed by atoms with Gasteiger partial charge >= 0.3 is 0 Å². The van der Waals surface area contributed by atoms with Crippen LogP contribution < -0.4 is 5.73 Å². The Morgan fingerprint density at radius 3 is 2.22 bits per heavy atom. The summed E-state index contributed by atoms with van der Waals surface area (Å²) in [4.78, 5) is 8.51. The molecule has 23 heavy (non-hydrogen) atoms. The largest absolute Gasteiger partial charge is 0.383 e. The lowest BCUT2D eigenvalue weighted by atomic mass is 9.93. The van der Waals surface area contributed by atoms with Gasteiger partial charge in [-0.05, 0) is 37.1 Å². The predicted molar refractivity (Wildman–Crippen MR) is 91.5 cm³/mol. The summed E-state index contributed by atoms with van der Waals surface area (Å²) in [6, 6.07) is 14.1. The minimum absolute atomic E-state index is 0.250. The molecule has 0 saturated carbocycles. The van der Waals surface area contributed by atoms with Crippen LogP contribution in [0.15, 0.2) is 48.8 Å². The zero-order valence-electron chi connectivity index (χ0n) is 13.0. The third-order valence-corrected chi connectivity index (χ3v) is 3.87. The zero-order valence-corrected chi connectivity index (χ0v) is 13.0. The number of nitriles is 1. The Bertz CT molecular complexity index is 891. The third-order valence-electron chi connectivity index (χ3n) is 3.87. The number of aromatic nitrogens is 2. The van der Waals surface area contributed by atoms with Crippen molar-refractivity contribution < 1.29 is 0 Å². The third kappa shape index (κ3) is 2.65. The first-order valence-electron chi connectivity index (χ1n) is 7.29. The molecule has 0 fully saturated rings. The molecule has 0 aliphatic carbocycles. The van der Waals surface area contributed by atoms with E-state index < -0.39 is 0 Å². The maximum atomic E-state index is 9.50. The number of pyridine rings is 2. The fourth-order valence-electron chi connectivity index (χ4n) is 2.68. The number of nitrogens with two attached hydrogens (primary N) is 1.